The molecule has 0 unspecified atom stereocenters. The first-order chi connectivity index (χ1) is 13.2. The van der Waals surface area contributed by atoms with Crippen LogP contribution in [0.2, 0.25) is 0 Å². The summed E-state index contributed by atoms with van der Waals surface area (Å²) in [6.45, 7) is 3.69. The van der Waals surface area contributed by atoms with Gasteiger partial charge in [-0.1, -0.05) is 0 Å². The quantitative estimate of drug-likeness (QED) is 0.876. The molecule has 4 rings (SSSR count). The Balaban J connectivity index is 1.22. The number of anilines is 2. The fraction of sp³-hybridized carbons (Fsp3) is 0.350. The van der Waals surface area contributed by atoms with Crippen LogP contribution in [0, 0.1) is 5.82 Å². The minimum absolute atomic E-state index is 0.141. The molecule has 0 aliphatic carbocycles. The predicted molar refractivity (Wildman–Crippen MR) is 101 cm³/mol. The molecule has 1 saturated heterocycles. The number of amides is 1. The van der Waals surface area contributed by atoms with Crippen LogP contribution < -0.4 is 19.7 Å². The summed E-state index contributed by atoms with van der Waals surface area (Å²) in [5.41, 5.74) is 1.90. The van der Waals surface area contributed by atoms with Crippen molar-refractivity contribution in [1.82, 2.24) is 4.90 Å². The zero-order chi connectivity index (χ0) is 18.6. The lowest BCUT2D eigenvalue weighted by Crippen LogP contribution is -2.49. The highest BCUT2D eigenvalue weighted by Crippen LogP contribution is 2.34. The van der Waals surface area contributed by atoms with E-state index in [1.807, 2.05) is 23.1 Å². The number of hydrogen-bond donors (Lipinski definition) is 1. The molecule has 142 valence electrons. The average molecular weight is 371 g/mol. The maximum Gasteiger partial charge on any atom is 0.231 e. The Morgan fingerprint density at radius 1 is 1.00 bits per heavy atom. The van der Waals surface area contributed by atoms with Crippen molar-refractivity contribution in [3.63, 3.8) is 0 Å². The largest absolute Gasteiger partial charge is 0.454 e. The van der Waals surface area contributed by atoms with Gasteiger partial charge in [-0.05, 0) is 36.4 Å². The van der Waals surface area contributed by atoms with Gasteiger partial charge in [-0.15, -0.1) is 0 Å². The Kier molecular flexibility index (Phi) is 5.00. The number of benzene rings is 2. The predicted octanol–water partition coefficient (Wildman–Crippen LogP) is 2.71. The molecule has 0 spiro atoms. The van der Waals surface area contributed by atoms with Gasteiger partial charge in [0.05, 0.1) is 0 Å². The molecule has 0 atom stereocenters. The fourth-order valence-corrected chi connectivity index (χ4v) is 3.34. The molecule has 2 heterocycles. The molecule has 0 saturated carbocycles. The summed E-state index contributed by atoms with van der Waals surface area (Å²) >= 11 is 0. The van der Waals surface area contributed by atoms with Crippen molar-refractivity contribution in [1.29, 1.82) is 0 Å². The summed E-state index contributed by atoms with van der Waals surface area (Å²) < 4.78 is 23.7. The molecule has 0 radical (unpaired) electrons. The molecule has 2 aromatic rings. The normalized spacial score (nSPS) is 15.7. The van der Waals surface area contributed by atoms with Gasteiger partial charge in [0.15, 0.2) is 11.5 Å². The Labute approximate surface area is 157 Å². The monoisotopic (exact) mass is 371 g/mol. The second kappa shape index (κ2) is 7.73. The summed E-state index contributed by atoms with van der Waals surface area (Å²) in [5, 5.41) is 3.26. The molecule has 7 heteroatoms. The van der Waals surface area contributed by atoms with Crippen LogP contribution in [-0.4, -0.2) is 50.3 Å². The van der Waals surface area contributed by atoms with Crippen LogP contribution in [0.3, 0.4) is 0 Å². The molecule has 0 bridgehead atoms. The van der Waals surface area contributed by atoms with Gasteiger partial charge in [0, 0.05) is 56.6 Å². The first kappa shape index (κ1) is 17.5. The van der Waals surface area contributed by atoms with Crippen LogP contribution in [0.25, 0.3) is 0 Å². The van der Waals surface area contributed by atoms with E-state index in [2.05, 4.69) is 10.2 Å². The van der Waals surface area contributed by atoms with Gasteiger partial charge in [0.1, 0.15) is 5.82 Å². The van der Waals surface area contributed by atoms with E-state index in [0.29, 0.717) is 26.1 Å². The third kappa shape index (κ3) is 4.07. The van der Waals surface area contributed by atoms with Crippen LogP contribution in [0.5, 0.6) is 11.5 Å². The van der Waals surface area contributed by atoms with Gasteiger partial charge in [-0.3, -0.25) is 4.79 Å². The Hall–Kier alpha value is -2.96. The van der Waals surface area contributed by atoms with Crippen LogP contribution in [0.4, 0.5) is 15.8 Å². The summed E-state index contributed by atoms with van der Waals surface area (Å²) in [4.78, 5) is 16.5. The number of rotatable bonds is 5. The third-order valence-electron chi connectivity index (χ3n) is 4.86. The maximum atomic E-state index is 13.0. The molecule has 2 aliphatic rings. The topological polar surface area (TPSA) is 54.0 Å². The zero-order valence-electron chi connectivity index (χ0n) is 15.0. The van der Waals surface area contributed by atoms with Gasteiger partial charge in [0.25, 0.3) is 0 Å². The maximum absolute atomic E-state index is 13.0. The highest BCUT2D eigenvalue weighted by molar-refractivity contribution is 5.77. The summed E-state index contributed by atoms with van der Waals surface area (Å²) in [7, 11) is 0. The van der Waals surface area contributed by atoms with E-state index >= 15 is 0 Å². The second-order valence-electron chi connectivity index (χ2n) is 6.59. The highest BCUT2D eigenvalue weighted by atomic mass is 19.1. The van der Waals surface area contributed by atoms with Crippen molar-refractivity contribution in [2.45, 2.75) is 6.42 Å². The van der Waals surface area contributed by atoms with Gasteiger partial charge < -0.3 is 24.6 Å². The van der Waals surface area contributed by atoms with Crippen LogP contribution in [-0.2, 0) is 4.79 Å². The van der Waals surface area contributed by atoms with Crippen molar-refractivity contribution in [3.8, 4) is 11.5 Å². The summed E-state index contributed by atoms with van der Waals surface area (Å²) in [5.74, 6) is 1.38. The number of ether oxygens (including phenoxy) is 2. The van der Waals surface area contributed by atoms with E-state index in [1.54, 1.807) is 12.1 Å². The fourth-order valence-electron chi connectivity index (χ4n) is 3.34. The van der Waals surface area contributed by atoms with Crippen molar-refractivity contribution < 1.29 is 18.7 Å². The van der Waals surface area contributed by atoms with E-state index in [4.69, 9.17) is 9.47 Å². The Morgan fingerprint density at radius 3 is 2.52 bits per heavy atom. The minimum Gasteiger partial charge on any atom is -0.454 e. The molecule has 1 amide bonds. The van der Waals surface area contributed by atoms with Gasteiger partial charge in [0.2, 0.25) is 12.7 Å². The van der Waals surface area contributed by atoms with Crippen LogP contribution in [0.1, 0.15) is 6.42 Å². The number of fused-ring (bicyclic) bond motifs is 1. The molecule has 0 aromatic heterocycles. The number of hydrogen-bond acceptors (Lipinski definition) is 5. The van der Waals surface area contributed by atoms with Gasteiger partial charge >= 0.3 is 0 Å². The lowest BCUT2D eigenvalue weighted by molar-refractivity contribution is -0.131. The molecule has 27 heavy (non-hydrogen) atoms. The number of carbonyl (C=O) groups is 1. The van der Waals surface area contributed by atoms with Crippen molar-refractivity contribution in [2.24, 2.45) is 0 Å². The minimum atomic E-state index is -0.234. The van der Waals surface area contributed by atoms with Gasteiger partial charge in [-0.25, -0.2) is 4.39 Å². The van der Waals surface area contributed by atoms with E-state index in [9.17, 15) is 9.18 Å². The summed E-state index contributed by atoms with van der Waals surface area (Å²) in [6, 6.07) is 12.2. The van der Waals surface area contributed by atoms with Gasteiger partial charge in [-0.2, -0.15) is 0 Å². The molecule has 2 aliphatic heterocycles. The van der Waals surface area contributed by atoms with E-state index in [1.165, 1.54) is 12.1 Å². The van der Waals surface area contributed by atoms with Crippen molar-refractivity contribution in [2.75, 3.05) is 49.7 Å². The van der Waals surface area contributed by atoms with Crippen LogP contribution in [0.15, 0.2) is 42.5 Å². The second-order valence-corrected chi connectivity index (χ2v) is 6.59. The standard InChI is InChI=1S/C20H22FN3O3/c21-15-1-4-17(5-2-15)23-9-11-24(12-10-23)20(25)7-8-22-16-3-6-18-19(13-16)27-14-26-18/h1-6,13,22H,7-12,14H2. The number of nitrogens with zero attached hydrogens (tertiary/aromatic N) is 2. The molecule has 6 nitrogen and oxygen atoms in total. The molecular weight excluding hydrogens is 349 g/mol. The van der Waals surface area contributed by atoms with E-state index in [0.717, 1.165) is 36.0 Å². The number of carbonyl (C=O) groups excluding carboxylic acids is 1. The van der Waals surface area contributed by atoms with Crippen molar-refractivity contribution >= 4 is 17.3 Å². The Morgan fingerprint density at radius 2 is 1.74 bits per heavy atom. The summed E-state index contributed by atoms with van der Waals surface area (Å²) in [6.07, 6.45) is 0.436. The smallest absolute Gasteiger partial charge is 0.231 e. The first-order valence-corrected chi connectivity index (χ1v) is 9.11. The SMILES string of the molecule is O=C(CCNc1ccc2c(c1)OCO2)N1CCN(c2ccc(F)cc2)CC1. The molecule has 1 N–H and O–H groups in total. The van der Waals surface area contributed by atoms with E-state index < -0.39 is 0 Å². The molecular formula is C20H22FN3O3. The Bertz CT molecular complexity index is 805. The average Bonchev–Trinajstić information content (AvgIpc) is 3.16. The number of nitrogens with one attached hydrogen (secondary N) is 1. The molecule has 2 aromatic carbocycles. The number of halogens is 1. The molecule has 1 fully saturated rings. The first-order valence-electron chi connectivity index (χ1n) is 9.11. The number of piperazine rings is 1. The lowest BCUT2D eigenvalue weighted by Gasteiger charge is -2.36. The highest BCUT2D eigenvalue weighted by Gasteiger charge is 2.21. The third-order valence-corrected chi connectivity index (χ3v) is 4.86. The van der Waals surface area contributed by atoms with Crippen molar-refractivity contribution in [3.05, 3.63) is 48.3 Å². The van der Waals surface area contributed by atoms with E-state index in [-0.39, 0.29) is 18.5 Å². The zero-order valence-corrected chi connectivity index (χ0v) is 15.0. The lowest BCUT2D eigenvalue weighted by atomic mass is 10.2. The van der Waals surface area contributed by atoms with Crippen LogP contribution >= 0.6 is 0 Å².